The van der Waals surface area contributed by atoms with E-state index in [1.807, 2.05) is 36.4 Å². The lowest BCUT2D eigenvalue weighted by molar-refractivity contribution is 0.408. The molecule has 0 aromatic heterocycles. The standard InChI is InChI=1S/C17H16N2/c18-13-16-11-12-19-17(16,14-7-3-1-4-8-14)15-9-5-2-6-10-15/h1-10,16,19H,11-12H2. The molecule has 1 N–H and O–H groups in total. The van der Waals surface area contributed by atoms with Crippen LogP contribution in [-0.2, 0) is 5.54 Å². The molecule has 0 radical (unpaired) electrons. The van der Waals surface area contributed by atoms with E-state index in [4.69, 9.17) is 0 Å². The Morgan fingerprint density at radius 3 is 1.95 bits per heavy atom. The summed E-state index contributed by atoms with van der Waals surface area (Å²) < 4.78 is 0. The van der Waals surface area contributed by atoms with Crippen molar-refractivity contribution in [3.63, 3.8) is 0 Å². The van der Waals surface area contributed by atoms with E-state index in [-0.39, 0.29) is 11.5 Å². The molecule has 0 saturated carbocycles. The Kier molecular flexibility index (Phi) is 3.06. The smallest absolute Gasteiger partial charge is 0.0851 e. The molecule has 3 rings (SSSR count). The molecule has 0 spiro atoms. The van der Waals surface area contributed by atoms with Gasteiger partial charge in [-0.3, -0.25) is 0 Å². The molecule has 1 aliphatic heterocycles. The van der Waals surface area contributed by atoms with Crippen LogP contribution in [0.25, 0.3) is 0 Å². The molecule has 0 amide bonds. The van der Waals surface area contributed by atoms with Gasteiger partial charge in [0.1, 0.15) is 0 Å². The molecule has 1 saturated heterocycles. The highest BCUT2D eigenvalue weighted by Gasteiger charge is 2.45. The first-order valence-corrected chi connectivity index (χ1v) is 6.63. The highest BCUT2D eigenvalue weighted by Crippen LogP contribution is 2.41. The summed E-state index contributed by atoms with van der Waals surface area (Å²) >= 11 is 0. The van der Waals surface area contributed by atoms with Crippen LogP contribution < -0.4 is 5.32 Å². The molecule has 0 aliphatic carbocycles. The van der Waals surface area contributed by atoms with Crippen LogP contribution in [0.2, 0.25) is 0 Å². The molecule has 2 aromatic carbocycles. The summed E-state index contributed by atoms with van der Waals surface area (Å²) in [6.07, 6.45) is 0.889. The van der Waals surface area contributed by atoms with Crippen LogP contribution in [0.3, 0.4) is 0 Å². The minimum atomic E-state index is -0.364. The monoisotopic (exact) mass is 248 g/mol. The van der Waals surface area contributed by atoms with E-state index < -0.39 is 0 Å². The van der Waals surface area contributed by atoms with E-state index in [9.17, 15) is 5.26 Å². The van der Waals surface area contributed by atoms with E-state index in [0.29, 0.717) is 0 Å². The van der Waals surface area contributed by atoms with Crippen LogP contribution in [0, 0.1) is 17.2 Å². The number of hydrogen-bond donors (Lipinski definition) is 1. The Labute approximate surface area is 113 Å². The van der Waals surface area contributed by atoms with Crippen molar-refractivity contribution in [2.75, 3.05) is 6.54 Å². The van der Waals surface area contributed by atoms with Gasteiger partial charge in [0.15, 0.2) is 0 Å². The molecular formula is C17H16N2. The van der Waals surface area contributed by atoms with Crippen LogP contribution in [0.5, 0.6) is 0 Å². The SMILES string of the molecule is N#CC1CCNC1(c1ccccc1)c1ccccc1. The van der Waals surface area contributed by atoms with Crippen molar-refractivity contribution < 1.29 is 0 Å². The maximum absolute atomic E-state index is 9.53. The second-order valence-electron chi connectivity index (χ2n) is 4.94. The summed E-state index contributed by atoms with van der Waals surface area (Å²) in [7, 11) is 0. The summed E-state index contributed by atoms with van der Waals surface area (Å²) in [5.41, 5.74) is 1.98. The molecule has 2 nitrogen and oxygen atoms in total. The number of nitrogens with zero attached hydrogens (tertiary/aromatic N) is 1. The third-order valence-electron chi connectivity index (χ3n) is 3.97. The summed E-state index contributed by atoms with van der Waals surface area (Å²) in [5, 5.41) is 13.1. The molecular weight excluding hydrogens is 232 g/mol. The highest BCUT2D eigenvalue weighted by atomic mass is 15.0. The third-order valence-corrected chi connectivity index (χ3v) is 3.97. The molecule has 94 valence electrons. The van der Waals surface area contributed by atoms with Crippen molar-refractivity contribution in [3.05, 3.63) is 71.8 Å². The summed E-state index contributed by atoms with van der Waals surface area (Å²) in [6, 6.07) is 23.1. The maximum Gasteiger partial charge on any atom is 0.0851 e. The lowest BCUT2D eigenvalue weighted by Crippen LogP contribution is -2.42. The van der Waals surface area contributed by atoms with Gasteiger partial charge in [-0.1, -0.05) is 60.7 Å². The predicted molar refractivity (Wildman–Crippen MR) is 75.4 cm³/mol. The molecule has 19 heavy (non-hydrogen) atoms. The Bertz CT molecular complexity index is 544. The minimum absolute atomic E-state index is 0.0303. The number of benzene rings is 2. The Balaban J connectivity index is 2.20. The van der Waals surface area contributed by atoms with Gasteiger partial charge in [0, 0.05) is 0 Å². The summed E-state index contributed by atoms with van der Waals surface area (Å²) in [5.74, 6) is -0.0303. The predicted octanol–water partition coefficient (Wildman–Crippen LogP) is 3.06. The van der Waals surface area contributed by atoms with E-state index in [0.717, 1.165) is 13.0 Å². The van der Waals surface area contributed by atoms with Gasteiger partial charge < -0.3 is 5.32 Å². The van der Waals surface area contributed by atoms with E-state index >= 15 is 0 Å². The minimum Gasteiger partial charge on any atom is -0.303 e. The molecule has 1 atom stereocenters. The molecule has 2 aromatic rings. The van der Waals surface area contributed by atoms with Gasteiger partial charge in [-0.25, -0.2) is 0 Å². The molecule has 1 aliphatic rings. The van der Waals surface area contributed by atoms with Crippen molar-refractivity contribution in [2.45, 2.75) is 12.0 Å². The third kappa shape index (κ3) is 1.83. The second-order valence-corrected chi connectivity index (χ2v) is 4.94. The zero-order valence-electron chi connectivity index (χ0n) is 10.7. The maximum atomic E-state index is 9.53. The van der Waals surface area contributed by atoms with Crippen molar-refractivity contribution in [2.24, 2.45) is 5.92 Å². The summed E-state index contributed by atoms with van der Waals surface area (Å²) in [6.45, 7) is 0.877. The van der Waals surface area contributed by atoms with Gasteiger partial charge in [-0.05, 0) is 24.1 Å². The number of nitrogens with one attached hydrogen (secondary N) is 1. The fourth-order valence-corrected chi connectivity index (χ4v) is 3.09. The van der Waals surface area contributed by atoms with Crippen molar-refractivity contribution in [1.29, 1.82) is 5.26 Å². The first-order valence-electron chi connectivity index (χ1n) is 6.63. The fourth-order valence-electron chi connectivity index (χ4n) is 3.09. The van der Waals surface area contributed by atoms with Gasteiger partial charge >= 0.3 is 0 Å². The lowest BCUT2D eigenvalue weighted by Gasteiger charge is -2.34. The van der Waals surface area contributed by atoms with Gasteiger partial charge in [-0.2, -0.15) is 5.26 Å². The van der Waals surface area contributed by atoms with Crippen LogP contribution in [0.15, 0.2) is 60.7 Å². The molecule has 2 heteroatoms. The summed E-state index contributed by atoms with van der Waals surface area (Å²) in [4.78, 5) is 0. The van der Waals surface area contributed by atoms with Gasteiger partial charge in [0.25, 0.3) is 0 Å². The van der Waals surface area contributed by atoms with Gasteiger partial charge in [0.05, 0.1) is 17.5 Å². The van der Waals surface area contributed by atoms with Crippen molar-refractivity contribution >= 4 is 0 Å². The van der Waals surface area contributed by atoms with Crippen molar-refractivity contribution in [3.8, 4) is 6.07 Å². The average Bonchev–Trinajstić information content (AvgIpc) is 2.94. The van der Waals surface area contributed by atoms with E-state index in [1.165, 1.54) is 11.1 Å². The largest absolute Gasteiger partial charge is 0.303 e. The molecule has 1 fully saturated rings. The number of hydrogen-bond acceptors (Lipinski definition) is 2. The second kappa shape index (κ2) is 4.87. The van der Waals surface area contributed by atoms with E-state index in [1.54, 1.807) is 0 Å². The number of nitriles is 1. The van der Waals surface area contributed by atoms with Crippen LogP contribution in [0.4, 0.5) is 0 Å². The van der Waals surface area contributed by atoms with Crippen LogP contribution >= 0.6 is 0 Å². The normalized spacial score (nSPS) is 20.9. The zero-order chi connectivity index (χ0) is 13.1. The van der Waals surface area contributed by atoms with E-state index in [2.05, 4.69) is 35.7 Å². The highest BCUT2D eigenvalue weighted by molar-refractivity contribution is 5.42. The average molecular weight is 248 g/mol. The Hall–Kier alpha value is -2.11. The molecule has 0 bridgehead atoms. The zero-order valence-corrected chi connectivity index (χ0v) is 10.7. The Morgan fingerprint density at radius 2 is 1.47 bits per heavy atom. The first-order chi connectivity index (χ1) is 9.38. The van der Waals surface area contributed by atoms with Gasteiger partial charge in [-0.15, -0.1) is 0 Å². The van der Waals surface area contributed by atoms with Crippen molar-refractivity contribution in [1.82, 2.24) is 5.32 Å². The van der Waals surface area contributed by atoms with Crippen LogP contribution in [0.1, 0.15) is 17.5 Å². The fraction of sp³-hybridized carbons (Fsp3) is 0.235. The Morgan fingerprint density at radius 1 is 0.947 bits per heavy atom. The molecule has 1 heterocycles. The quantitative estimate of drug-likeness (QED) is 0.886. The lowest BCUT2D eigenvalue weighted by atomic mass is 9.75. The first kappa shape index (κ1) is 12.0. The molecule has 1 unspecified atom stereocenters. The van der Waals surface area contributed by atoms with Crippen LogP contribution in [-0.4, -0.2) is 6.54 Å². The van der Waals surface area contributed by atoms with Gasteiger partial charge in [0.2, 0.25) is 0 Å². The number of rotatable bonds is 2. The topological polar surface area (TPSA) is 35.8 Å².